The van der Waals surface area contributed by atoms with Crippen LogP contribution in [0.3, 0.4) is 0 Å². The lowest BCUT2D eigenvalue weighted by molar-refractivity contribution is 0.0881. The minimum atomic E-state index is -1.17. The fourth-order valence-corrected chi connectivity index (χ4v) is 4.65. The van der Waals surface area contributed by atoms with Crippen molar-refractivity contribution in [2.24, 2.45) is 0 Å². The number of fused-ring (bicyclic) bond motifs is 1. The highest BCUT2D eigenvalue weighted by molar-refractivity contribution is 6.39. The number of hydrogen-bond donors (Lipinski definition) is 0. The van der Waals surface area contributed by atoms with Gasteiger partial charge in [0, 0.05) is 23.5 Å². The van der Waals surface area contributed by atoms with E-state index in [2.05, 4.69) is 0 Å². The number of rotatable bonds is 6. The van der Waals surface area contributed by atoms with Crippen LogP contribution in [-0.2, 0) is 6.42 Å². The average Bonchev–Trinajstić information content (AvgIpc) is 2.80. The van der Waals surface area contributed by atoms with Crippen molar-refractivity contribution < 1.29 is 14.3 Å². The van der Waals surface area contributed by atoms with Crippen molar-refractivity contribution in [3.63, 3.8) is 0 Å². The number of ether oxygens (including phenoxy) is 1. The van der Waals surface area contributed by atoms with Gasteiger partial charge in [0.15, 0.2) is 11.6 Å². The molecule has 0 amide bonds. The van der Waals surface area contributed by atoms with Gasteiger partial charge in [0.25, 0.3) is 0 Å². The average molecular weight is 419 g/mol. The Balaban J connectivity index is 1.74. The van der Waals surface area contributed by atoms with Crippen LogP contribution in [0.4, 0.5) is 0 Å². The maximum Gasteiger partial charge on any atom is 0.184 e. The van der Waals surface area contributed by atoms with Gasteiger partial charge in [-0.3, -0.25) is 9.59 Å². The van der Waals surface area contributed by atoms with Crippen molar-refractivity contribution >= 4 is 23.2 Å². The van der Waals surface area contributed by atoms with Crippen molar-refractivity contribution in [3.8, 4) is 5.75 Å². The van der Waals surface area contributed by atoms with Crippen molar-refractivity contribution in [2.45, 2.75) is 30.1 Å². The minimum Gasteiger partial charge on any atom is -0.497 e. The summed E-state index contributed by atoms with van der Waals surface area (Å²) in [6.45, 7) is 0. The molecule has 1 aliphatic carbocycles. The van der Waals surface area contributed by atoms with Crippen LogP contribution in [0, 0.1) is 0 Å². The van der Waals surface area contributed by atoms with Crippen LogP contribution in [0.2, 0.25) is 0 Å². The second kappa shape index (κ2) is 8.45. The summed E-state index contributed by atoms with van der Waals surface area (Å²) in [6.07, 6.45) is 1.36. The molecule has 4 rings (SSSR count). The molecule has 2 unspecified atom stereocenters. The summed E-state index contributed by atoms with van der Waals surface area (Å²) in [7, 11) is 1.61. The van der Waals surface area contributed by atoms with Crippen molar-refractivity contribution in [1.29, 1.82) is 0 Å². The zero-order chi connectivity index (χ0) is 21.1. The molecule has 0 saturated carbocycles. The lowest BCUT2D eigenvalue weighted by atomic mass is 9.71. The monoisotopic (exact) mass is 418 g/mol. The first-order chi connectivity index (χ1) is 14.5. The second-order valence-electron chi connectivity index (χ2n) is 7.67. The van der Waals surface area contributed by atoms with Gasteiger partial charge in [0.2, 0.25) is 0 Å². The first kappa shape index (κ1) is 20.4. The third-order valence-electron chi connectivity index (χ3n) is 5.95. The smallest absolute Gasteiger partial charge is 0.184 e. The van der Waals surface area contributed by atoms with Crippen LogP contribution in [0.25, 0.3) is 0 Å². The topological polar surface area (TPSA) is 43.4 Å². The van der Waals surface area contributed by atoms with Crippen LogP contribution in [-0.4, -0.2) is 23.6 Å². The van der Waals surface area contributed by atoms with E-state index in [1.165, 1.54) is 0 Å². The molecule has 0 fully saturated rings. The Morgan fingerprint density at radius 3 is 2.37 bits per heavy atom. The van der Waals surface area contributed by atoms with E-state index in [4.69, 9.17) is 16.3 Å². The molecule has 3 aromatic rings. The zero-order valence-corrected chi connectivity index (χ0v) is 17.6. The van der Waals surface area contributed by atoms with Crippen LogP contribution in [0.1, 0.15) is 50.6 Å². The number of ketones is 2. The summed E-state index contributed by atoms with van der Waals surface area (Å²) in [4.78, 5) is 25.4. The van der Waals surface area contributed by atoms with Gasteiger partial charge in [-0.2, -0.15) is 0 Å². The van der Waals surface area contributed by atoms with Crippen LogP contribution >= 0.6 is 11.6 Å². The molecule has 0 aliphatic heterocycles. The highest BCUT2D eigenvalue weighted by Gasteiger charge is 2.48. The number of halogens is 1. The summed E-state index contributed by atoms with van der Waals surface area (Å²) >= 11 is 7.13. The summed E-state index contributed by atoms with van der Waals surface area (Å²) in [5, 5.41) is 0. The number of carbonyl (C=O) groups is 2. The second-order valence-corrected chi connectivity index (χ2v) is 8.34. The summed E-state index contributed by atoms with van der Waals surface area (Å²) < 4.78 is 5.27. The quantitative estimate of drug-likeness (QED) is 0.372. The van der Waals surface area contributed by atoms with E-state index in [0.717, 1.165) is 16.9 Å². The van der Waals surface area contributed by atoms with Gasteiger partial charge < -0.3 is 4.74 Å². The van der Waals surface area contributed by atoms with E-state index < -0.39 is 10.8 Å². The van der Waals surface area contributed by atoms with Gasteiger partial charge in [-0.25, -0.2) is 0 Å². The molecule has 0 N–H and O–H groups in total. The van der Waals surface area contributed by atoms with Gasteiger partial charge in [-0.15, -0.1) is 11.6 Å². The zero-order valence-electron chi connectivity index (χ0n) is 16.8. The number of hydrogen-bond acceptors (Lipinski definition) is 3. The summed E-state index contributed by atoms with van der Waals surface area (Å²) in [5.74, 6) is 0.144. The Labute approximate surface area is 181 Å². The molecular formula is C26H23ClO3. The number of benzene rings is 3. The van der Waals surface area contributed by atoms with Crippen LogP contribution < -0.4 is 4.74 Å². The molecule has 2 atom stereocenters. The predicted octanol–water partition coefficient (Wildman–Crippen LogP) is 5.86. The Morgan fingerprint density at radius 1 is 1.00 bits per heavy atom. The SMILES string of the molecule is COc1ccc(C(CC(=O)c2ccccc2)C2(Cl)CCc3ccccc3C2=O)cc1. The Morgan fingerprint density at radius 2 is 1.67 bits per heavy atom. The molecule has 0 heterocycles. The number of alkyl halides is 1. The first-order valence-electron chi connectivity index (χ1n) is 10.1. The van der Waals surface area contributed by atoms with Gasteiger partial charge in [-0.05, 0) is 36.1 Å². The predicted molar refractivity (Wildman–Crippen MR) is 119 cm³/mol. The molecule has 30 heavy (non-hydrogen) atoms. The largest absolute Gasteiger partial charge is 0.497 e. The molecule has 0 spiro atoms. The number of methoxy groups -OCH3 is 1. The highest BCUT2D eigenvalue weighted by Crippen LogP contribution is 2.46. The minimum absolute atomic E-state index is 0.0249. The Hall–Kier alpha value is -2.91. The van der Waals surface area contributed by atoms with Crippen LogP contribution in [0.5, 0.6) is 5.75 Å². The van der Waals surface area contributed by atoms with Crippen LogP contribution in [0.15, 0.2) is 78.9 Å². The van der Waals surface area contributed by atoms with Crippen molar-refractivity contribution in [3.05, 3.63) is 101 Å². The third kappa shape index (κ3) is 3.78. The van der Waals surface area contributed by atoms with E-state index in [1.807, 2.05) is 66.7 Å². The third-order valence-corrected chi connectivity index (χ3v) is 6.58. The molecule has 0 aromatic heterocycles. The van der Waals surface area contributed by atoms with Gasteiger partial charge in [0.1, 0.15) is 10.6 Å². The lowest BCUT2D eigenvalue weighted by Gasteiger charge is -2.38. The highest BCUT2D eigenvalue weighted by atomic mass is 35.5. The molecule has 3 aromatic carbocycles. The maximum atomic E-state index is 13.5. The van der Waals surface area contributed by atoms with E-state index in [1.54, 1.807) is 19.2 Å². The van der Waals surface area contributed by atoms with Crippen molar-refractivity contribution in [2.75, 3.05) is 7.11 Å². The fraction of sp³-hybridized carbons (Fsp3) is 0.231. The number of carbonyl (C=O) groups excluding carboxylic acids is 2. The molecule has 0 saturated heterocycles. The molecule has 4 heteroatoms. The molecule has 1 aliphatic rings. The Kier molecular flexibility index (Phi) is 5.74. The van der Waals surface area contributed by atoms with Gasteiger partial charge in [0.05, 0.1) is 7.11 Å². The van der Waals surface area contributed by atoms with Gasteiger partial charge in [-0.1, -0.05) is 66.7 Å². The lowest BCUT2D eigenvalue weighted by Crippen LogP contribution is -2.43. The van der Waals surface area contributed by atoms with E-state index in [9.17, 15) is 9.59 Å². The molecule has 152 valence electrons. The fourth-order valence-electron chi connectivity index (χ4n) is 4.25. The van der Waals surface area contributed by atoms with E-state index in [-0.39, 0.29) is 18.0 Å². The van der Waals surface area contributed by atoms with Gasteiger partial charge >= 0.3 is 0 Å². The number of Topliss-reactive ketones (excluding diaryl/α,β-unsaturated/α-hetero) is 2. The molecule has 0 radical (unpaired) electrons. The Bertz CT molecular complexity index is 1060. The maximum absolute atomic E-state index is 13.5. The standard InChI is InChI=1S/C26H23ClO3/c1-30-21-13-11-19(12-14-21)23(17-24(28)20-8-3-2-4-9-20)26(27)16-15-18-7-5-6-10-22(18)25(26)29/h2-14,23H,15-17H2,1H3. The molecular weight excluding hydrogens is 396 g/mol. The molecule has 0 bridgehead atoms. The first-order valence-corrected chi connectivity index (χ1v) is 10.4. The van der Waals surface area contributed by atoms with Crippen molar-refractivity contribution in [1.82, 2.24) is 0 Å². The summed E-state index contributed by atoms with van der Waals surface area (Å²) in [6, 6.07) is 24.2. The summed E-state index contributed by atoms with van der Waals surface area (Å²) in [5.41, 5.74) is 3.16. The van der Waals surface area contributed by atoms with E-state index >= 15 is 0 Å². The van der Waals surface area contributed by atoms with E-state index in [0.29, 0.717) is 24.0 Å². The molecule has 3 nitrogen and oxygen atoms in total. The normalized spacial score (nSPS) is 19.1. The number of aryl methyl sites for hydroxylation is 1.